The van der Waals surface area contributed by atoms with Gasteiger partial charge in [0.05, 0.1) is 4.92 Å². The van der Waals surface area contributed by atoms with Gasteiger partial charge in [-0.1, -0.05) is 6.07 Å². The molecule has 132 valence electrons. The van der Waals surface area contributed by atoms with Gasteiger partial charge in [0.2, 0.25) is 0 Å². The van der Waals surface area contributed by atoms with Crippen LogP contribution in [0.3, 0.4) is 0 Å². The Balaban J connectivity index is 2.60. The number of nitro benzene ring substituents is 1. The molecule has 0 saturated carbocycles. The van der Waals surface area contributed by atoms with E-state index in [-0.39, 0.29) is 11.4 Å². The monoisotopic (exact) mass is 339 g/mol. The van der Waals surface area contributed by atoms with Crippen molar-refractivity contribution in [3.63, 3.8) is 0 Å². The second kappa shape index (κ2) is 7.73. The molecule has 1 rings (SSSR count). The standard InChI is InChI=1S/C15H21N3O6/c1-9-6-7-11(8-12(9)18(21)22)16-13(19)10(2)24-17-14(20)23-15(3,4)5/h6-8,10H,1-5H3,(H,16,19)(H,17,20). The van der Waals surface area contributed by atoms with Crippen LogP contribution in [0.2, 0.25) is 0 Å². The average molecular weight is 339 g/mol. The first-order valence-corrected chi connectivity index (χ1v) is 7.20. The lowest BCUT2D eigenvalue weighted by molar-refractivity contribution is -0.385. The van der Waals surface area contributed by atoms with Crippen molar-refractivity contribution < 1.29 is 24.1 Å². The van der Waals surface area contributed by atoms with Crippen molar-refractivity contribution in [1.82, 2.24) is 5.48 Å². The number of ether oxygens (including phenoxy) is 1. The molecule has 1 aromatic rings. The number of nitrogens with zero attached hydrogens (tertiary/aromatic N) is 1. The second-order valence-corrected chi connectivity index (χ2v) is 6.11. The van der Waals surface area contributed by atoms with Crippen molar-refractivity contribution in [2.45, 2.75) is 46.3 Å². The average Bonchev–Trinajstić information content (AvgIpc) is 2.44. The summed E-state index contributed by atoms with van der Waals surface area (Å²) in [6.45, 7) is 8.07. The molecular weight excluding hydrogens is 318 g/mol. The molecule has 0 spiro atoms. The Morgan fingerprint density at radius 1 is 1.29 bits per heavy atom. The highest BCUT2D eigenvalue weighted by molar-refractivity contribution is 5.94. The maximum Gasteiger partial charge on any atom is 0.431 e. The van der Waals surface area contributed by atoms with E-state index in [4.69, 9.17) is 9.57 Å². The van der Waals surface area contributed by atoms with Crippen LogP contribution < -0.4 is 10.8 Å². The summed E-state index contributed by atoms with van der Waals surface area (Å²) in [6, 6.07) is 4.31. The van der Waals surface area contributed by atoms with E-state index >= 15 is 0 Å². The van der Waals surface area contributed by atoms with Gasteiger partial charge in [-0.2, -0.15) is 5.48 Å². The zero-order chi connectivity index (χ0) is 18.5. The van der Waals surface area contributed by atoms with Crippen LogP contribution in [0.1, 0.15) is 33.3 Å². The lowest BCUT2D eigenvalue weighted by Gasteiger charge is -2.20. The number of amides is 2. The van der Waals surface area contributed by atoms with Gasteiger partial charge in [-0.15, -0.1) is 0 Å². The number of nitrogens with one attached hydrogen (secondary N) is 2. The number of carbonyl (C=O) groups excluding carboxylic acids is 2. The summed E-state index contributed by atoms with van der Waals surface area (Å²) in [5.41, 5.74) is 1.95. The molecule has 24 heavy (non-hydrogen) atoms. The highest BCUT2D eigenvalue weighted by atomic mass is 16.7. The maximum atomic E-state index is 12.0. The second-order valence-electron chi connectivity index (χ2n) is 6.11. The number of aryl methyl sites for hydroxylation is 1. The Hall–Kier alpha value is -2.68. The highest BCUT2D eigenvalue weighted by Gasteiger charge is 2.20. The van der Waals surface area contributed by atoms with E-state index in [0.29, 0.717) is 5.56 Å². The van der Waals surface area contributed by atoms with E-state index in [2.05, 4.69) is 5.32 Å². The highest BCUT2D eigenvalue weighted by Crippen LogP contribution is 2.22. The van der Waals surface area contributed by atoms with E-state index < -0.39 is 28.6 Å². The van der Waals surface area contributed by atoms with E-state index in [1.165, 1.54) is 25.1 Å². The first-order valence-electron chi connectivity index (χ1n) is 7.20. The number of hydrogen-bond donors (Lipinski definition) is 2. The Morgan fingerprint density at radius 2 is 1.92 bits per heavy atom. The summed E-state index contributed by atoms with van der Waals surface area (Å²) >= 11 is 0. The predicted molar refractivity (Wildman–Crippen MR) is 86.4 cm³/mol. The summed E-state index contributed by atoms with van der Waals surface area (Å²) in [5, 5.41) is 13.4. The fraction of sp³-hybridized carbons (Fsp3) is 0.467. The Bertz CT molecular complexity index is 639. The molecule has 2 amide bonds. The van der Waals surface area contributed by atoms with Crippen LogP contribution in [0, 0.1) is 17.0 Å². The van der Waals surface area contributed by atoms with Gasteiger partial charge in [0.15, 0.2) is 6.10 Å². The summed E-state index contributed by atoms with van der Waals surface area (Å²) < 4.78 is 4.96. The third kappa shape index (κ3) is 6.21. The van der Waals surface area contributed by atoms with Crippen LogP contribution in [-0.2, 0) is 14.4 Å². The maximum absolute atomic E-state index is 12.0. The molecule has 1 aromatic carbocycles. The summed E-state index contributed by atoms with van der Waals surface area (Å²) in [5.74, 6) is -0.579. The number of carbonyl (C=O) groups is 2. The molecule has 2 N–H and O–H groups in total. The summed E-state index contributed by atoms with van der Waals surface area (Å²) in [7, 11) is 0. The van der Waals surface area contributed by atoms with Gasteiger partial charge in [-0.3, -0.25) is 19.7 Å². The van der Waals surface area contributed by atoms with Crippen molar-refractivity contribution in [2.24, 2.45) is 0 Å². The largest absolute Gasteiger partial charge is 0.442 e. The Morgan fingerprint density at radius 3 is 2.46 bits per heavy atom. The Kier molecular flexibility index (Phi) is 6.24. The van der Waals surface area contributed by atoms with Crippen LogP contribution in [0.5, 0.6) is 0 Å². The number of nitro groups is 1. The molecule has 9 nitrogen and oxygen atoms in total. The molecule has 0 aliphatic rings. The van der Waals surface area contributed by atoms with Crippen molar-refractivity contribution in [2.75, 3.05) is 5.32 Å². The number of rotatable bonds is 5. The molecule has 1 unspecified atom stereocenters. The van der Waals surface area contributed by atoms with Gasteiger partial charge in [0, 0.05) is 17.3 Å². The fourth-order valence-electron chi connectivity index (χ4n) is 1.62. The summed E-state index contributed by atoms with van der Waals surface area (Å²) in [6.07, 6.45) is -1.86. The predicted octanol–water partition coefficient (Wildman–Crippen LogP) is 2.69. The molecule has 0 aliphatic heterocycles. The first-order chi connectivity index (χ1) is 11.0. The summed E-state index contributed by atoms with van der Waals surface area (Å²) in [4.78, 5) is 38.7. The molecule has 0 bridgehead atoms. The van der Waals surface area contributed by atoms with Crippen LogP contribution in [0.4, 0.5) is 16.2 Å². The van der Waals surface area contributed by atoms with E-state index in [1.807, 2.05) is 5.48 Å². The molecule has 0 saturated heterocycles. The molecular formula is C15H21N3O6. The van der Waals surface area contributed by atoms with E-state index in [1.54, 1.807) is 27.7 Å². The smallest absolute Gasteiger partial charge is 0.431 e. The van der Waals surface area contributed by atoms with Crippen LogP contribution in [0.25, 0.3) is 0 Å². The van der Waals surface area contributed by atoms with Crippen molar-refractivity contribution in [3.05, 3.63) is 33.9 Å². The van der Waals surface area contributed by atoms with E-state index in [9.17, 15) is 19.7 Å². The molecule has 1 atom stereocenters. The molecule has 0 aromatic heterocycles. The van der Waals surface area contributed by atoms with Crippen molar-refractivity contribution >= 4 is 23.4 Å². The quantitative estimate of drug-likeness (QED) is 0.628. The van der Waals surface area contributed by atoms with Gasteiger partial charge >= 0.3 is 6.09 Å². The number of hydroxylamine groups is 1. The van der Waals surface area contributed by atoms with Crippen LogP contribution in [-0.4, -0.2) is 28.6 Å². The zero-order valence-electron chi connectivity index (χ0n) is 14.2. The van der Waals surface area contributed by atoms with Crippen LogP contribution >= 0.6 is 0 Å². The fourth-order valence-corrected chi connectivity index (χ4v) is 1.62. The van der Waals surface area contributed by atoms with Crippen molar-refractivity contribution in [3.8, 4) is 0 Å². The molecule has 0 fully saturated rings. The minimum Gasteiger partial charge on any atom is -0.442 e. The molecule has 0 heterocycles. The number of anilines is 1. The first kappa shape index (κ1) is 19.4. The number of benzene rings is 1. The third-order valence-corrected chi connectivity index (χ3v) is 2.76. The van der Waals surface area contributed by atoms with Gasteiger partial charge < -0.3 is 10.1 Å². The van der Waals surface area contributed by atoms with Crippen molar-refractivity contribution in [1.29, 1.82) is 0 Å². The SMILES string of the molecule is Cc1ccc(NC(=O)C(C)ONC(=O)OC(C)(C)C)cc1[N+](=O)[O-]. The minimum atomic E-state index is -1.03. The lowest BCUT2D eigenvalue weighted by Crippen LogP contribution is -2.38. The molecule has 0 radical (unpaired) electrons. The van der Waals surface area contributed by atoms with Gasteiger partial charge in [0.25, 0.3) is 11.6 Å². The van der Waals surface area contributed by atoms with Gasteiger partial charge in [-0.05, 0) is 40.7 Å². The molecule has 9 heteroatoms. The zero-order valence-corrected chi connectivity index (χ0v) is 14.2. The minimum absolute atomic E-state index is 0.103. The topological polar surface area (TPSA) is 120 Å². The van der Waals surface area contributed by atoms with E-state index in [0.717, 1.165) is 0 Å². The lowest BCUT2D eigenvalue weighted by atomic mass is 10.2. The molecule has 0 aliphatic carbocycles. The Labute approximate surface area is 139 Å². The van der Waals surface area contributed by atoms with Gasteiger partial charge in [-0.25, -0.2) is 4.79 Å². The number of hydrogen-bond acceptors (Lipinski definition) is 6. The third-order valence-electron chi connectivity index (χ3n) is 2.76. The van der Waals surface area contributed by atoms with Gasteiger partial charge in [0.1, 0.15) is 5.60 Å². The van der Waals surface area contributed by atoms with Crippen LogP contribution in [0.15, 0.2) is 18.2 Å². The normalized spacial score (nSPS) is 12.2.